The van der Waals surface area contributed by atoms with Crippen LogP contribution in [0.3, 0.4) is 0 Å². The summed E-state index contributed by atoms with van der Waals surface area (Å²) in [5.41, 5.74) is 2.03. The SMILES string of the molecule is CCOC(=O)c1cn(CC)c(C)c(-c2ccccc2)c1=O. The smallest absolute Gasteiger partial charge is 0.343 e. The molecule has 0 fully saturated rings. The molecule has 4 heteroatoms. The van der Waals surface area contributed by atoms with Gasteiger partial charge in [-0.15, -0.1) is 0 Å². The molecule has 0 saturated carbocycles. The maximum Gasteiger partial charge on any atom is 0.343 e. The highest BCUT2D eigenvalue weighted by molar-refractivity contribution is 5.90. The van der Waals surface area contributed by atoms with Crippen molar-refractivity contribution in [1.29, 1.82) is 0 Å². The van der Waals surface area contributed by atoms with E-state index in [-0.39, 0.29) is 17.6 Å². The van der Waals surface area contributed by atoms with Crippen LogP contribution in [-0.2, 0) is 11.3 Å². The zero-order chi connectivity index (χ0) is 15.4. The van der Waals surface area contributed by atoms with E-state index >= 15 is 0 Å². The molecule has 0 atom stereocenters. The Labute approximate surface area is 124 Å². The normalized spacial score (nSPS) is 10.4. The lowest BCUT2D eigenvalue weighted by Crippen LogP contribution is -2.23. The van der Waals surface area contributed by atoms with Crippen LogP contribution >= 0.6 is 0 Å². The summed E-state index contributed by atoms with van der Waals surface area (Å²) in [6.07, 6.45) is 1.59. The second kappa shape index (κ2) is 6.39. The van der Waals surface area contributed by atoms with E-state index in [2.05, 4.69) is 0 Å². The number of rotatable bonds is 4. The van der Waals surface area contributed by atoms with Crippen molar-refractivity contribution in [2.24, 2.45) is 0 Å². The topological polar surface area (TPSA) is 48.3 Å². The van der Waals surface area contributed by atoms with Crippen LogP contribution in [0.5, 0.6) is 0 Å². The third-order valence-corrected chi connectivity index (χ3v) is 3.45. The minimum atomic E-state index is -0.568. The summed E-state index contributed by atoms with van der Waals surface area (Å²) in [6.45, 7) is 6.52. The molecule has 1 aromatic carbocycles. The van der Waals surface area contributed by atoms with Gasteiger partial charge in [0.2, 0.25) is 5.43 Å². The first kappa shape index (κ1) is 15.0. The number of hydrogen-bond donors (Lipinski definition) is 0. The first-order chi connectivity index (χ1) is 10.1. The van der Waals surface area contributed by atoms with Gasteiger partial charge in [0.15, 0.2) is 0 Å². The van der Waals surface area contributed by atoms with Gasteiger partial charge in [-0.25, -0.2) is 4.79 Å². The molecule has 0 aliphatic heterocycles. The Balaban J connectivity index is 2.72. The first-order valence-corrected chi connectivity index (χ1v) is 7.06. The van der Waals surface area contributed by atoms with Gasteiger partial charge in [-0.3, -0.25) is 4.79 Å². The van der Waals surface area contributed by atoms with Crippen LogP contribution in [0.25, 0.3) is 11.1 Å². The molecule has 0 unspecified atom stereocenters. The quantitative estimate of drug-likeness (QED) is 0.811. The van der Waals surface area contributed by atoms with E-state index in [0.717, 1.165) is 11.3 Å². The molecule has 2 rings (SSSR count). The van der Waals surface area contributed by atoms with Crippen LogP contribution in [0.2, 0.25) is 0 Å². The standard InChI is InChI=1S/C17H19NO3/c1-4-18-11-14(17(20)21-5-2)16(19)15(12(18)3)13-9-7-6-8-10-13/h6-11H,4-5H2,1-3H3. The van der Waals surface area contributed by atoms with Crippen molar-refractivity contribution in [3.63, 3.8) is 0 Å². The predicted molar refractivity (Wildman–Crippen MR) is 82.5 cm³/mol. The number of carbonyl (C=O) groups is 1. The highest BCUT2D eigenvalue weighted by Crippen LogP contribution is 2.20. The molecule has 0 saturated heterocycles. The van der Waals surface area contributed by atoms with Gasteiger partial charge < -0.3 is 9.30 Å². The molecule has 0 bridgehead atoms. The summed E-state index contributed by atoms with van der Waals surface area (Å²) >= 11 is 0. The van der Waals surface area contributed by atoms with Crippen LogP contribution < -0.4 is 5.43 Å². The summed E-state index contributed by atoms with van der Waals surface area (Å²) in [5.74, 6) is -0.568. The minimum Gasteiger partial charge on any atom is -0.462 e. The van der Waals surface area contributed by atoms with E-state index in [1.165, 1.54) is 0 Å². The third-order valence-electron chi connectivity index (χ3n) is 3.45. The van der Waals surface area contributed by atoms with Crippen LogP contribution in [0.4, 0.5) is 0 Å². The summed E-state index contributed by atoms with van der Waals surface area (Å²) < 4.78 is 6.89. The fourth-order valence-corrected chi connectivity index (χ4v) is 2.38. The lowest BCUT2D eigenvalue weighted by Gasteiger charge is -2.15. The van der Waals surface area contributed by atoms with E-state index in [4.69, 9.17) is 4.74 Å². The third kappa shape index (κ3) is 2.89. The fourth-order valence-electron chi connectivity index (χ4n) is 2.38. The average Bonchev–Trinajstić information content (AvgIpc) is 2.49. The summed E-state index contributed by atoms with van der Waals surface area (Å²) in [7, 11) is 0. The summed E-state index contributed by atoms with van der Waals surface area (Å²) in [5, 5.41) is 0. The first-order valence-electron chi connectivity index (χ1n) is 7.06. The number of esters is 1. The van der Waals surface area contributed by atoms with Gasteiger partial charge in [-0.1, -0.05) is 30.3 Å². The zero-order valence-electron chi connectivity index (χ0n) is 12.6. The van der Waals surface area contributed by atoms with Gasteiger partial charge in [0.05, 0.1) is 6.61 Å². The molecule has 0 aliphatic rings. The van der Waals surface area contributed by atoms with Gasteiger partial charge in [-0.2, -0.15) is 0 Å². The molecular weight excluding hydrogens is 266 g/mol. The summed E-state index contributed by atoms with van der Waals surface area (Å²) in [4.78, 5) is 24.7. The van der Waals surface area contributed by atoms with E-state index in [9.17, 15) is 9.59 Å². The average molecular weight is 285 g/mol. The molecule has 0 aliphatic carbocycles. The van der Waals surface area contributed by atoms with Gasteiger partial charge >= 0.3 is 5.97 Å². The van der Waals surface area contributed by atoms with Gasteiger partial charge in [0, 0.05) is 24.0 Å². The lowest BCUT2D eigenvalue weighted by atomic mass is 10.0. The number of aryl methyl sites for hydroxylation is 1. The van der Waals surface area contributed by atoms with Crippen molar-refractivity contribution in [3.8, 4) is 11.1 Å². The van der Waals surface area contributed by atoms with Crippen molar-refractivity contribution in [2.75, 3.05) is 6.61 Å². The van der Waals surface area contributed by atoms with Crippen molar-refractivity contribution in [3.05, 3.63) is 58.0 Å². The molecule has 0 radical (unpaired) electrons. The van der Waals surface area contributed by atoms with Crippen LogP contribution in [0.15, 0.2) is 41.3 Å². The molecule has 2 aromatic rings. The zero-order valence-corrected chi connectivity index (χ0v) is 12.6. The fraction of sp³-hybridized carbons (Fsp3) is 0.294. The number of benzene rings is 1. The molecule has 110 valence electrons. The Hall–Kier alpha value is -2.36. The number of carbonyl (C=O) groups excluding carboxylic acids is 1. The second-order valence-corrected chi connectivity index (χ2v) is 4.70. The Bertz CT molecular complexity index is 702. The highest BCUT2D eigenvalue weighted by atomic mass is 16.5. The molecule has 0 spiro atoms. The lowest BCUT2D eigenvalue weighted by molar-refractivity contribution is 0.0524. The highest BCUT2D eigenvalue weighted by Gasteiger charge is 2.19. The summed E-state index contributed by atoms with van der Waals surface area (Å²) in [6, 6.07) is 9.40. The van der Waals surface area contributed by atoms with Gasteiger partial charge in [0.1, 0.15) is 5.56 Å². The predicted octanol–water partition coefficient (Wildman–Crippen LogP) is 3.02. The minimum absolute atomic E-state index is 0.0863. The Morgan fingerprint density at radius 1 is 1.19 bits per heavy atom. The van der Waals surface area contributed by atoms with Crippen LogP contribution in [0, 0.1) is 6.92 Å². The Kier molecular flexibility index (Phi) is 4.58. The number of pyridine rings is 1. The van der Waals surface area contributed by atoms with E-state index < -0.39 is 5.97 Å². The maximum atomic E-state index is 12.7. The van der Waals surface area contributed by atoms with Crippen molar-refractivity contribution < 1.29 is 9.53 Å². The number of ether oxygens (including phenoxy) is 1. The molecular formula is C17H19NO3. The van der Waals surface area contributed by atoms with Crippen LogP contribution in [-0.4, -0.2) is 17.1 Å². The second-order valence-electron chi connectivity index (χ2n) is 4.70. The molecule has 0 amide bonds. The number of aromatic nitrogens is 1. The Morgan fingerprint density at radius 3 is 2.43 bits per heavy atom. The van der Waals surface area contributed by atoms with Crippen LogP contribution in [0.1, 0.15) is 29.9 Å². The number of hydrogen-bond acceptors (Lipinski definition) is 3. The Morgan fingerprint density at radius 2 is 1.86 bits per heavy atom. The van der Waals surface area contributed by atoms with Gasteiger partial charge in [0.25, 0.3) is 0 Å². The number of nitrogens with zero attached hydrogens (tertiary/aromatic N) is 1. The molecule has 1 heterocycles. The molecule has 4 nitrogen and oxygen atoms in total. The monoisotopic (exact) mass is 285 g/mol. The van der Waals surface area contributed by atoms with E-state index in [1.807, 2.05) is 48.7 Å². The molecule has 21 heavy (non-hydrogen) atoms. The van der Waals surface area contributed by atoms with Crippen molar-refractivity contribution in [1.82, 2.24) is 4.57 Å². The van der Waals surface area contributed by atoms with E-state index in [0.29, 0.717) is 12.1 Å². The van der Waals surface area contributed by atoms with Crippen molar-refractivity contribution >= 4 is 5.97 Å². The van der Waals surface area contributed by atoms with E-state index in [1.54, 1.807) is 13.1 Å². The molecule has 1 aromatic heterocycles. The largest absolute Gasteiger partial charge is 0.462 e. The molecule has 0 N–H and O–H groups in total. The maximum absolute atomic E-state index is 12.7. The van der Waals surface area contributed by atoms with Gasteiger partial charge in [-0.05, 0) is 26.3 Å². The van der Waals surface area contributed by atoms with Crippen molar-refractivity contribution in [2.45, 2.75) is 27.3 Å².